The van der Waals surface area contributed by atoms with E-state index >= 15 is 0 Å². The molecular formula is C29H24N2O2. The maximum atomic E-state index is 13.9. The summed E-state index contributed by atoms with van der Waals surface area (Å²) in [5.74, 6) is -0.631. The van der Waals surface area contributed by atoms with E-state index in [1.165, 1.54) is 4.90 Å². The van der Waals surface area contributed by atoms with E-state index in [0.717, 1.165) is 33.2 Å². The molecule has 1 aliphatic rings. The van der Waals surface area contributed by atoms with Crippen molar-refractivity contribution >= 4 is 39.5 Å². The molecular weight excluding hydrogens is 408 g/mol. The smallest absolute Gasteiger partial charge is 0.282 e. The van der Waals surface area contributed by atoms with Gasteiger partial charge in [-0.1, -0.05) is 72.8 Å². The predicted molar refractivity (Wildman–Crippen MR) is 134 cm³/mol. The third kappa shape index (κ3) is 3.40. The minimum Gasteiger partial charge on any atom is -0.339 e. The molecule has 0 atom stereocenters. The second kappa shape index (κ2) is 8.06. The number of hydrogen-bond acceptors (Lipinski definition) is 3. The Hall–Kier alpha value is -4.18. The normalized spacial score (nSPS) is 13.8. The van der Waals surface area contributed by atoms with Crippen LogP contribution in [0.4, 0.5) is 11.4 Å². The van der Waals surface area contributed by atoms with Crippen molar-refractivity contribution in [2.75, 3.05) is 16.8 Å². The molecule has 0 saturated heterocycles. The van der Waals surface area contributed by atoms with Crippen molar-refractivity contribution in [2.45, 2.75) is 13.8 Å². The number of hydrogen-bond donors (Lipinski definition) is 0. The van der Waals surface area contributed by atoms with Crippen molar-refractivity contribution in [3.05, 3.63) is 113 Å². The van der Waals surface area contributed by atoms with Crippen molar-refractivity contribution in [1.29, 1.82) is 0 Å². The molecule has 4 aromatic carbocycles. The summed E-state index contributed by atoms with van der Waals surface area (Å²) >= 11 is 0. The fourth-order valence-electron chi connectivity index (χ4n) is 4.39. The Morgan fingerprint density at radius 1 is 0.697 bits per heavy atom. The number of carbonyl (C=O) groups excluding carboxylic acids is 2. The van der Waals surface area contributed by atoms with Crippen LogP contribution in [-0.4, -0.2) is 18.9 Å². The monoisotopic (exact) mass is 432 g/mol. The highest BCUT2D eigenvalue weighted by Gasteiger charge is 2.42. The molecule has 0 bridgehead atoms. The largest absolute Gasteiger partial charge is 0.339 e. The molecule has 0 radical (unpaired) electrons. The highest BCUT2D eigenvalue weighted by Crippen LogP contribution is 2.38. The average Bonchev–Trinajstić information content (AvgIpc) is 3.10. The number of fused-ring (bicyclic) bond motifs is 1. The van der Waals surface area contributed by atoms with Gasteiger partial charge >= 0.3 is 0 Å². The van der Waals surface area contributed by atoms with Crippen LogP contribution < -0.4 is 9.80 Å². The predicted octanol–water partition coefficient (Wildman–Crippen LogP) is 5.88. The standard InChI is InChI=1S/C29H24N2O2/c1-19-16-17-22(18-20(19)2)26-27(30(3)23-12-5-4-6-13-23)29(33)31(28(26)32)25-15-9-11-21-10-7-8-14-24(21)25/h4-18H,1-3H3. The molecule has 0 fully saturated rings. The van der Waals surface area contributed by atoms with Gasteiger partial charge < -0.3 is 4.90 Å². The number of imide groups is 1. The van der Waals surface area contributed by atoms with Crippen LogP contribution >= 0.6 is 0 Å². The first-order valence-electron chi connectivity index (χ1n) is 10.9. The molecule has 4 heteroatoms. The minimum atomic E-state index is -0.323. The van der Waals surface area contributed by atoms with Crippen LogP contribution in [0.2, 0.25) is 0 Å². The van der Waals surface area contributed by atoms with E-state index < -0.39 is 0 Å². The van der Waals surface area contributed by atoms with Crippen LogP contribution in [0.3, 0.4) is 0 Å². The van der Waals surface area contributed by atoms with Crippen molar-refractivity contribution in [1.82, 2.24) is 0 Å². The first-order chi connectivity index (χ1) is 16.0. The summed E-state index contributed by atoms with van der Waals surface area (Å²) < 4.78 is 0. The van der Waals surface area contributed by atoms with Gasteiger partial charge in [-0.15, -0.1) is 0 Å². The van der Waals surface area contributed by atoms with Gasteiger partial charge in [0, 0.05) is 18.1 Å². The van der Waals surface area contributed by atoms with Gasteiger partial charge in [-0.25, -0.2) is 4.90 Å². The summed E-state index contributed by atoms with van der Waals surface area (Å²) in [6.07, 6.45) is 0. The molecule has 0 unspecified atom stereocenters. The van der Waals surface area contributed by atoms with Gasteiger partial charge in [0.2, 0.25) is 0 Å². The average molecular weight is 433 g/mol. The molecule has 0 aliphatic carbocycles. The highest BCUT2D eigenvalue weighted by molar-refractivity contribution is 6.47. The van der Waals surface area contributed by atoms with Gasteiger partial charge in [0.05, 0.1) is 11.3 Å². The fourth-order valence-corrected chi connectivity index (χ4v) is 4.39. The fraction of sp³-hybridized carbons (Fsp3) is 0.103. The summed E-state index contributed by atoms with van der Waals surface area (Å²) in [5, 5.41) is 1.85. The maximum absolute atomic E-state index is 13.9. The number of likely N-dealkylation sites (N-methyl/N-ethyl adjacent to an activating group) is 1. The third-order valence-corrected chi connectivity index (χ3v) is 6.34. The van der Waals surface area contributed by atoms with E-state index in [2.05, 4.69) is 0 Å². The van der Waals surface area contributed by atoms with E-state index in [1.54, 1.807) is 0 Å². The first kappa shape index (κ1) is 20.7. The Balaban J connectivity index is 1.72. The van der Waals surface area contributed by atoms with Crippen LogP contribution in [0, 0.1) is 13.8 Å². The molecule has 0 N–H and O–H groups in total. The second-order valence-electron chi connectivity index (χ2n) is 8.36. The Labute approximate surface area is 193 Å². The van der Waals surface area contributed by atoms with Gasteiger partial charge in [-0.05, 0) is 54.1 Å². The topological polar surface area (TPSA) is 40.6 Å². The molecule has 33 heavy (non-hydrogen) atoms. The Morgan fingerprint density at radius 3 is 2.15 bits per heavy atom. The van der Waals surface area contributed by atoms with Gasteiger partial charge in [-0.2, -0.15) is 0 Å². The zero-order valence-corrected chi connectivity index (χ0v) is 18.9. The van der Waals surface area contributed by atoms with E-state index in [4.69, 9.17) is 0 Å². The minimum absolute atomic E-state index is 0.308. The summed E-state index contributed by atoms with van der Waals surface area (Å²) in [7, 11) is 1.84. The molecule has 162 valence electrons. The highest BCUT2D eigenvalue weighted by atomic mass is 16.2. The summed E-state index contributed by atoms with van der Waals surface area (Å²) in [6, 6.07) is 29.1. The number of para-hydroxylation sites is 1. The van der Waals surface area contributed by atoms with E-state index in [9.17, 15) is 9.59 Å². The van der Waals surface area contributed by atoms with Crippen molar-refractivity contribution in [3.63, 3.8) is 0 Å². The molecule has 4 nitrogen and oxygen atoms in total. The lowest BCUT2D eigenvalue weighted by molar-refractivity contribution is -0.120. The summed E-state index contributed by atoms with van der Waals surface area (Å²) in [4.78, 5) is 31.0. The van der Waals surface area contributed by atoms with Crippen molar-refractivity contribution in [2.24, 2.45) is 0 Å². The molecule has 1 aliphatic heterocycles. The Kier molecular flexibility index (Phi) is 5.06. The van der Waals surface area contributed by atoms with Crippen molar-refractivity contribution < 1.29 is 9.59 Å². The number of carbonyl (C=O) groups is 2. The quantitative estimate of drug-likeness (QED) is 0.378. The third-order valence-electron chi connectivity index (χ3n) is 6.34. The number of rotatable bonds is 4. The number of benzene rings is 4. The Bertz CT molecular complexity index is 1430. The van der Waals surface area contributed by atoms with E-state index in [0.29, 0.717) is 17.0 Å². The lowest BCUT2D eigenvalue weighted by atomic mass is 9.99. The second-order valence-corrected chi connectivity index (χ2v) is 8.36. The van der Waals surface area contributed by atoms with Gasteiger partial charge in [0.1, 0.15) is 5.70 Å². The molecule has 2 amide bonds. The molecule has 4 aromatic rings. The van der Waals surface area contributed by atoms with Crippen LogP contribution in [0.1, 0.15) is 16.7 Å². The molecule has 0 saturated carbocycles. The number of nitrogens with zero attached hydrogens (tertiary/aromatic N) is 2. The molecule has 1 heterocycles. The molecule has 0 spiro atoms. The van der Waals surface area contributed by atoms with Crippen molar-refractivity contribution in [3.8, 4) is 0 Å². The maximum Gasteiger partial charge on any atom is 0.282 e. The molecule has 5 rings (SSSR count). The lowest BCUT2D eigenvalue weighted by Gasteiger charge is -2.22. The zero-order valence-electron chi connectivity index (χ0n) is 18.9. The number of aryl methyl sites for hydroxylation is 2. The number of anilines is 2. The van der Waals surface area contributed by atoms with E-state index in [1.807, 2.05) is 117 Å². The van der Waals surface area contributed by atoms with Gasteiger partial charge in [0.15, 0.2) is 0 Å². The van der Waals surface area contributed by atoms with Crippen LogP contribution in [0.5, 0.6) is 0 Å². The lowest BCUT2D eigenvalue weighted by Crippen LogP contribution is -2.34. The Morgan fingerprint density at radius 2 is 1.39 bits per heavy atom. The summed E-state index contributed by atoms with van der Waals surface area (Å²) in [5.41, 5.74) is 5.20. The van der Waals surface area contributed by atoms with E-state index in [-0.39, 0.29) is 11.8 Å². The van der Waals surface area contributed by atoms with Crippen LogP contribution in [-0.2, 0) is 9.59 Å². The van der Waals surface area contributed by atoms with Gasteiger partial charge in [0.25, 0.3) is 11.8 Å². The summed E-state index contributed by atoms with van der Waals surface area (Å²) in [6.45, 7) is 4.05. The SMILES string of the molecule is Cc1ccc(C2=C(N(C)c3ccccc3)C(=O)N(c3cccc4ccccc34)C2=O)cc1C. The van der Waals surface area contributed by atoms with Crippen LogP contribution in [0.15, 0.2) is 96.7 Å². The first-order valence-corrected chi connectivity index (χ1v) is 10.9. The zero-order chi connectivity index (χ0) is 23.1. The van der Waals surface area contributed by atoms with Gasteiger partial charge in [-0.3, -0.25) is 9.59 Å². The molecule has 0 aromatic heterocycles. The number of amides is 2. The van der Waals surface area contributed by atoms with Crippen LogP contribution in [0.25, 0.3) is 16.3 Å².